The Hall–Kier alpha value is -1.55. The van der Waals surface area contributed by atoms with E-state index in [4.69, 9.17) is 0 Å². The van der Waals surface area contributed by atoms with Gasteiger partial charge in [-0.05, 0) is 12.1 Å². The number of carbonyl (C=O) groups excluding carboxylic acids is 1. The molecule has 21 heavy (non-hydrogen) atoms. The highest BCUT2D eigenvalue weighted by Crippen LogP contribution is 2.14. The van der Waals surface area contributed by atoms with Crippen LogP contribution >= 0.6 is 0 Å². The van der Waals surface area contributed by atoms with E-state index >= 15 is 0 Å². The quantitative estimate of drug-likeness (QED) is 0.564. The van der Waals surface area contributed by atoms with Crippen molar-refractivity contribution >= 4 is 16.0 Å². The van der Waals surface area contributed by atoms with E-state index < -0.39 is 27.3 Å². The van der Waals surface area contributed by atoms with Crippen molar-refractivity contribution in [3.05, 3.63) is 30.1 Å². The van der Waals surface area contributed by atoms with Gasteiger partial charge in [-0.25, -0.2) is 18.6 Å². The molecule has 1 aliphatic heterocycles. The Bertz CT molecular complexity index is 578. The topological polar surface area (TPSA) is 109 Å². The zero-order valence-electron chi connectivity index (χ0n) is 11.6. The molecule has 0 amide bonds. The highest BCUT2D eigenvalue weighted by molar-refractivity contribution is 7.90. The van der Waals surface area contributed by atoms with E-state index in [1.54, 1.807) is 12.3 Å². The lowest BCUT2D eigenvalue weighted by atomic mass is 10.2. The number of sulfonamides is 1. The Kier molecular flexibility index (Phi) is 5.23. The molecule has 2 heterocycles. The van der Waals surface area contributed by atoms with E-state index in [-0.39, 0.29) is 13.1 Å². The molecule has 0 bridgehead atoms. The third-order valence-corrected chi connectivity index (χ3v) is 4.90. The van der Waals surface area contributed by atoms with Gasteiger partial charge in [-0.2, -0.15) is 0 Å². The number of methoxy groups -OCH3 is 1. The molecule has 8 nitrogen and oxygen atoms in total. The molecule has 0 aromatic carbocycles. The Morgan fingerprint density at radius 1 is 1.52 bits per heavy atom. The Labute approximate surface area is 123 Å². The molecule has 0 saturated carbocycles. The summed E-state index contributed by atoms with van der Waals surface area (Å²) in [5.41, 5.74) is 6.06. The molecular formula is C12H18N4O4S. The number of rotatable bonds is 6. The van der Waals surface area contributed by atoms with E-state index in [0.29, 0.717) is 6.42 Å². The number of nitrogens with zero attached hydrogens (tertiary/aromatic N) is 1. The van der Waals surface area contributed by atoms with Crippen LogP contribution in [0.2, 0.25) is 0 Å². The maximum Gasteiger partial charge on any atom is 0.312 e. The predicted octanol–water partition coefficient (Wildman–Crippen LogP) is -1.23. The van der Waals surface area contributed by atoms with Crippen LogP contribution in [0, 0.1) is 5.92 Å². The summed E-state index contributed by atoms with van der Waals surface area (Å²) in [6.45, 7) is 0.421. The highest BCUT2D eigenvalue weighted by Gasteiger charge is 2.42. The van der Waals surface area contributed by atoms with Crippen LogP contribution in [0.1, 0.15) is 5.69 Å². The minimum atomic E-state index is -3.69. The summed E-state index contributed by atoms with van der Waals surface area (Å²) in [6.07, 6.45) is 2.13. The van der Waals surface area contributed by atoms with Crippen molar-refractivity contribution in [1.29, 1.82) is 0 Å². The molecule has 2 atom stereocenters. The first-order valence-electron chi connectivity index (χ1n) is 6.49. The van der Waals surface area contributed by atoms with E-state index in [1.165, 1.54) is 7.11 Å². The number of hydrazine groups is 1. The van der Waals surface area contributed by atoms with Crippen molar-refractivity contribution in [2.45, 2.75) is 11.8 Å². The summed E-state index contributed by atoms with van der Waals surface area (Å²) >= 11 is 0. The van der Waals surface area contributed by atoms with Gasteiger partial charge in [0.05, 0.1) is 7.11 Å². The second-order valence-electron chi connectivity index (χ2n) is 4.59. The number of carbonyl (C=O) groups is 1. The van der Waals surface area contributed by atoms with Gasteiger partial charge in [-0.3, -0.25) is 15.2 Å². The van der Waals surface area contributed by atoms with Gasteiger partial charge >= 0.3 is 5.97 Å². The number of hydrogen-bond acceptors (Lipinski definition) is 7. The normalized spacial score (nSPS) is 22.1. The fourth-order valence-electron chi connectivity index (χ4n) is 2.09. The van der Waals surface area contributed by atoms with Crippen LogP contribution in [0.15, 0.2) is 24.4 Å². The molecule has 2 unspecified atom stereocenters. The van der Waals surface area contributed by atoms with Crippen LogP contribution in [0.3, 0.4) is 0 Å². The standard InChI is InChI=1S/C12H18N4O4S/c1-20-12(17)10-8-14-16-11(10)21(18,19)15-7-5-9-4-2-3-6-13-9/h2-4,6,10-11,14-16H,5,7-8H2,1H3. The highest BCUT2D eigenvalue weighted by atomic mass is 32.2. The lowest BCUT2D eigenvalue weighted by molar-refractivity contribution is -0.144. The van der Waals surface area contributed by atoms with Gasteiger partial charge in [0.2, 0.25) is 10.0 Å². The van der Waals surface area contributed by atoms with Crippen molar-refractivity contribution < 1.29 is 17.9 Å². The lowest BCUT2D eigenvalue weighted by Gasteiger charge is -2.17. The zero-order chi connectivity index (χ0) is 15.3. The second-order valence-corrected chi connectivity index (χ2v) is 6.47. The van der Waals surface area contributed by atoms with Crippen LogP contribution in [0.25, 0.3) is 0 Å². The van der Waals surface area contributed by atoms with E-state index in [1.807, 2.05) is 12.1 Å². The molecular weight excluding hydrogens is 296 g/mol. The van der Waals surface area contributed by atoms with Crippen LogP contribution in [0.5, 0.6) is 0 Å². The number of aromatic nitrogens is 1. The summed E-state index contributed by atoms with van der Waals surface area (Å²) in [7, 11) is -2.45. The monoisotopic (exact) mass is 314 g/mol. The fourth-order valence-corrected chi connectivity index (χ4v) is 3.53. The van der Waals surface area contributed by atoms with Crippen LogP contribution in [0.4, 0.5) is 0 Å². The smallest absolute Gasteiger partial charge is 0.312 e. The molecule has 116 valence electrons. The first-order chi connectivity index (χ1) is 10.0. The van der Waals surface area contributed by atoms with E-state index in [0.717, 1.165) is 5.69 Å². The average molecular weight is 314 g/mol. The average Bonchev–Trinajstić information content (AvgIpc) is 2.98. The van der Waals surface area contributed by atoms with Crippen LogP contribution in [-0.4, -0.2) is 44.9 Å². The first-order valence-corrected chi connectivity index (χ1v) is 8.04. The van der Waals surface area contributed by atoms with Gasteiger partial charge in [0.25, 0.3) is 0 Å². The maximum atomic E-state index is 12.2. The summed E-state index contributed by atoms with van der Waals surface area (Å²) in [5.74, 6) is -1.34. The molecule has 9 heteroatoms. The molecule has 0 radical (unpaired) electrons. The fraction of sp³-hybridized carbons (Fsp3) is 0.500. The molecule has 0 aliphatic carbocycles. The molecule has 1 aliphatic rings. The Morgan fingerprint density at radius 3 is 3.00 bits per heavy atom. The SMILES string of the molecule is COC(=O)C1CNNC1S(=O)(=O)NCCc1ccccn1. The second kappa shape index (κ2) is 6.94. The Morgan fingerprint density at radius 2 is 2.33 bits per heavy atom. The van der Waals surface area contributed by atoms with Crippen molar-refractivity contribution in [3.63, 3.8) is 0 Å². The predicted molar refractivity (Wildman–Crippen MR) is 75.3 cm³/mol. The molecule has 3 N–H and O–H groups in total. The number of esters is 1. The van der Waals surface area contributed by atoms with Crippen molar-refractivity contribution in [2.75, 3.05) is 20.2 Å². The molecule has 1 saturated heterocycles. The van der Waals surface area contributed by atoms with Gasteiger partial charge in [-0.15, -0.1) is 0 Å². The minimum Gasteiger partial charge on any atom is -0.469 e. The van der Waals surface area contributed by atoms with E-state index in [9.17, 15) is 13.2 Å². The lowest BCUT2D eigenvalue weighted by Crippen LogP contribution is -2.47. The number of pyridine rings is 1. The van der Waals surface area contributed by atoms with E-state index in [2.05, 4.69) is 25.3 Å². The Balaban J connectivity index is 1.93. The number of nitrogens with one attached hydrogen (secondary N) is 3. The molecule has 2 rings (SSSR count). The van der Waals surface area contributed by atoms with Crippen molar-refractivity contribution in [3.8, 4) is 0 Å². The van der Waals surface area contributed by atoms with Gasteiger partial charge < -0.3 is 4.74 Å². The molecule has 1 aromatic heterocycles. The summed E-state index contributed by atoms with van der Waals surface area (Å²) in [6, 6.07) is 5.45. The third-order valence-electron chi connectivity index (χ3n) is 3.18. The molecule has 1 fully saturated rings. The van der Waals surface area contributed by atoms with Crippen LogP contribution < -0.4 is 15.6 Å². The van der Waals surface area contributed by atoms with Crippen molar-refractivity contribution in [1.82, 2.24) is 20.6 Å². The first kappa shape index (κ1) is 15.8. The third kappa shape index (κ3) is 3.97. The van der Waals surface area contributed by atoms with Gasteiger partial charge in [0, 0.05) is 31.4 Å². The molecule has 0 spiro atoms. The van der Waals surface area contributed by atoms with Crippen LogP contribution in [-0.2, 0) is 26.0 Å². The minimum absolute atomic E-state index is 0.207. The van der Waals surface area contributed by atoms with Crippen molar-refractivity contribution in [2.24, 2.45) is 5.92 Å². The maximum absolute atomic E-state index is 12.2. The summed E-state index contributed by atoms with van der Waals surface area (Å²) in [5, 5.41) is -1.05. The van der Waals surface area contributed by atoms with Gasteiger partial charge in [0.15, 0.2) is 5.37 Å². The zero-order valence-corrected chi connectivity index (χ0v) is 12.4. The number of ether oxygens (including phenoxy) is 1. The summed E-state index contributed by atoms with van der Waals surface area (Å²) < 4.78 is 31.5. The summed E-state index contributed by atoms with van der Waals surface area (Å²) in [4.78, 5) is 15.7. The number of hydrogen-bond donors (Lipinski definition) is 3. The largest absolute Gasteiger partial charge is 0.469 e. The van der Waals surface area contributed by atoms with Gasteiger partial charge in [0.1, 0.15) is 5.92 Å². The van der Waals surface area contributed by atoms with Gasteiger partial charge in [-0.1, -0.05) is 6.07 Å². The molecule has 1 aromatic rings.